The summed E-state index contributed by atoms with van der Waals surface area (Å²) < 4.78 is 1.23. The van der Waals surface area contributed by atoms with Crippen LogP contribution in [-0.2, 0) is 11.2 Å². The van der Waals surface area contributed by atoms with E-state index in [9.17, 15) is 4.79 Å². The van der Waals surface area contributed by atoms with E-state index in [1.165, 1.54) is 9.13 Å². The van der Waals surface area contributed by atoms with Gasteiger partial charge in [-0.05, 0) is 65.6 Å². The van der Waals surface area contributed by atoms with E-state index in [-0.39, 0.29) is 18.4 Å². The van der Waals surface area contributed by atoms with Crippen LogP contribution in [0.15, 0.2) is 24.3 Å². The maximum absolute atomic E-state index is 10.8. The first-order chi connectivity index (χ1) is 7.65. The molecule has 0 bridgehead atoms. The lowest BCUT2D eigenvalue weighted by atomic mass is 9.97. The van der Waals surface area contributed by atoms with Crippen molar-refractivity contribution >= 4 is 41.0 Å². The molecule has 17 heavy (non-hydrogen) atoms. The van der Waals surface area contributed by atoms with E-state index in [4.69, 9.17) is 5.11 Å². The quantitative estimate of drug-likeness (QED) is 0.806. The van der Waals surface area contributed by atoms with E-state index in [1.54, 1.807) is 0 Å². The number of halogens is 2. The summed E-state index contributed by atoms with van der Waals surface area (Å²) >= 11 is 2.30. The fraction of sp³-hybridized carbons (Fsp3) is 0.417. The Bertz CT molecular complexity index is 400. The molecule has 2 atom stereocenters. The van der Waals surface area contributed by atoms with Gasteiger partial charge in [0.15, 0.2) is 0 Å². The van der Waals surface area contributed by atoms with Crippen LogP contribution in [0.25, 0.3) is 0 Å². The number of hydrogen-bond acceptors (Lipinski definition) is 2. The van der Waals surface area contributed by atoms with E-state index in [1.807, 2.05) is 6.07 Å². The highest BCUT2D eigenvalue weighted by molar-refractivity contribution is 14.1. The second-order valence-corrected chi connectivity index (χ2v) is 5.48. The molecule has 3 nitrogen and oxygen atoms in total. The zero-order chi connectivity index (χ0) is 11.5. The molecule has 0 saturated carbocycles. The topological polar surface area (TPSA) is 49.3 Å². The Morgan fingerprint density at radius 1 is 1.53 bits per heavy atom. The van der Waals surface area contributed by atoms with Crippen LogP contribution >= 0.6 is 35.0 Å². The van der Waals surface area contributed by atoms with Crippen molar-refractivity contribution in [2.45, 2.75) is 18.9 Å². The molecule has 0 aromatic heterocycles. The third-order valence-electron chi connectivity index (χ3n) is 2.93. The maximum atomic E-state index is 10.8. The van der Waals surface area contributed by atoms with Gasteiger partial charge in [0.1, 0.15) is 6.04 Å². The van der Waals surface area contributed by atoms with Crippen LogP contribution in [0.2, 0.25) is 0 Å². The average Bonchev–Trinajstić information content (AvgIpc) is 2.66. The summed E-state index contributed by atoms with van der Waals surface area (Å²) in [6, 6.07) is 8.03. The third-order valence-corrected chi connectivity index (χ3v) is 3.60. The molecule has 2 rings (SSSR count). The second-order valence-electron chi connectivity index (χ2n) is 4.23. The van der Waals surface area contributed by atoms with Gasteiger partial charge in [-0.25, -0.2) is 0 Å². The molecule has 5 heteroatoms. The minimum Gasteiger partial charge on any atom is -0.480 e. The van der Waals surface area contributed by atoms with Crippen molar-refractivity contribution in [3.05, 3.63) is 33.4 Å². The van der Waals surface area contributed by atoms with Crippen molar-refractivity contribution in [2.24, 2.45) is 5.92 Å². The predicted octanol–water partition coefficient (Wildman–Crippen LogP) is 2.32. The molecule has 94 valence electrons. The molecule has 1 aliphatic heterocycles. The number of hydrogen-bond donors (Lipinski definition) is 2. The Morgan fingerprint density at radius 3 is 2.88 bits per heavy atom. The molecule has 0 amide bonds. The van der Waals surface area contributed by atoms with Crippen LogP contribution in [0, 0.1) is 9.49 Å². The summed E-state index contributed by atoms with van der Waals surface area (Å²) in [5, 5.41) is 11.9. The zero-order valence-electron chi connectivity index (χ0n) is 9.23. The molecular weight excluding hydrogens is 352 g/mol. The highest BCUT2D eigenvalue weighted by Gasteiger charge is 2.28. The van der Waals surface area contributed by atoms with Crippen LogP contribution in [-0.4, -0.2) is 23.7 Å². The van der Waals surface area contributed by atoms with E-state index in [0.29, 0.717) is 5.92 Å². The zero-order valence-corrected chi connectivity index (χ0v) is 12.2. The third kappa shape index (κ3) is 4.12. The van der Waals surface area contributed by atoms with Crippen molar-refractivity contribution in [3.63, 3.8) is 0 Å². The molecule has 0 radical (unpaired) electrons. The van der Waals surface area contributed by atoms with E-state index in [0.717, 1.165) is 19.4 Å². The van der Waals surface area contributed by atoms with Gasteiger partial charge in [0, 0.05) is 3.57 Å². The van der Waals surface area contributed by atoms with Crippen molar-refractivity contribution in [1.82, 2.24) is 5.32 Å². The first-order valence-electron chi connectivity index (χ1n) is 5.36. The molecule has 1 aliphatic rings. The Kier molecular flexibility index (Phi) is 5.69. The Hall–Kier alpha value is -0.330. The largest absolute Gasteiger partial charge is 0.480 e. The van der Waals surface area contributed by atoms with Gasteiger partial charge >= 0.3 is 5.97 Å². The smallest absolute Gasteiger partial charge is 0.320 e. The number of carbonyl (C=O) groups is 1. The molecule has 1 saturated heterocycles. The molecule has 2 N–H and O–H groups in total. The lowest BCUT2D eigenvalue weighted by Crippen LogP contribution is -2.29. The number of rotatable bonds is 3. The van der Waals surface area contributed by atoms with E-state index < -0.39 is 5.97 Å². The van der Waals surface area contributed by atoms with Gasteiger partial charge in [0.25, 0.3) is 0 Å². The number of aliphatic carboxylic acids is 1. The van der Waals surface area contributed by atoms with Crippen molar-refractivity contribution < 1.29 is 9.90 Å². The predicted molar refractivity (Wildman–Crippen MR) is 77.6 cm³/mol. The van der Waals surface area contributed by atoms with Gasteiger partial charge < -0.3 is 10.4 Å². The van der Waals surface area contributed by atoms with Crippen LogP contribution in [0.1, 0.15) is 12.0 Å². The molecule has 0 aliphatic carbocycles. The average molecular weight is 368 g/mol. The summed E-state index contributed by atoms with van der Waals surface area (Å²) in [6.45, 7) is 0.808. The summed E-state index contributed by atoms with van der Waals surface area (Å²) in [4.78, 5) is 10.8. The fourth-order valence-electron chi connectivity index (χ4n) is 2.15. The van der Waals surface area contributed by atoms with Gasteiger partial charge in [-0.1, -0.05) is 12.1 Å². The number of carboxylic acids is 1. The van der Waals surface area contributed by atoms with Crippen LogP contribution in [0.3, 0.4) is 0 Å². The highest BCUT2D eigenvalue weighted by atomic mass is 127. The summed E-state index contributed by atoms with van der Waals surface area (Å²) in [5.41, 5.74) is 1.30. The second kappa shape index (κ2) is 6.56. The van der Waals surface area contributed by atoms with Crippen LogP contribution in [0.5, 0.6) is 0 Å². The van der Waals surface area contributed by atoms with Crippen LogP contribution in [0.4, 0.5) is 0 Å². The molecule has 0 unspecified atom stereocenters. The highest BCUT2D eigenvalue weighted by Crippen LogP contribution is 2.20. The fourth-order valence-corrected chi connectivity index (χ4v) is 2.76. The monoisotopic (exact) mass is 367 g/mol. The van der Waals surface area contributed by atoms with Gasteiger partial charge in [-0.15, -0.1) is 12.4 Å². The standard InChI is InChI=1S/C12H14INO2.ClH/c13-10-3-1-2-8(5-10)4-9-6-11(12(15)16)14-7-9;/h1-3,5,9,11,14H,4,6-7H2,(H,15,16);1H/t9-,11+;/m1./s1. The molecular formula is C12H15ClINO2. The minimum absolute atomic E-state index is 0. The van der Waals surface area contributed by atoms with Crippen molar-refractivity contribution in [2.75, 3.05) is 6.54 Å². The van der Waals surface area contributed by atoms with Crippen molar-refractivity contribution in [3.8, 4) is 0 Å². The summed E-state index contributed by atoms with van der Waals surface area (Å²) in [7, 11) is 0. The molecule has 0 spiro atoms. The maximum Gasteiger partial charge on any atom is 0.320 e. The SMILES string of the molecule is Cl.O=C(O)[C@@H]1C[C@@H](Cc2cccc(I)c2)CN1. The molecule has 1 aromatic carbocycles. The number of carboxylic acid groups (broad SMARTS) is 1. The summed E-state index contributed by atoms with van der Waals surface area (Å²) in [5.74, 6) is -0.288. The molecule has 1 heterocycles. The first-order valence-corrected chi connectivity index (χ1v) is 6.43. The lowest BCUT2D eigenvalue weighted by Gasteiger charge is -2.08. The van der Waals surface area contributed by atoms with Gasteiger partial charge in [-0.3, -0.25) is 4.79 Å². The summed E-state index contributed by atoms with van der Waals surface area (Å²) in [6.07, 6.45) is 1.70. The Balaban J connectivity index is 0.00000144. The molecule has 1 fully saturated rings. The van der Waals surface area contributed by atoms with Crippen molar-refractivity contribution in [1.29, 1.82) is 0 Å². The molecule has 1 aromatic rings. The van der Waals surface area contributed by atoms with Gasteiger partial charge in [0.2, 0.25) is 0 Å². The normalized spacial score (nSPS) is 23.1. The lowest BCUT2D eigenvalue weighted by molar-refractivity contribution is -0.139. The van der Waals surface area contributed by atoms with E-state index in [2.05, 4.69) is 46.1 Å². The van der Waals surface area contributed by atoms with Crippen LogP contribution < -0.4 is 5.32 Å². The minimum atomic E-state index is -0.731. The van der Waals surface area contributed by atoms with Gasteiger partial charge in [0.05, 0.1) is 0 Å². The van der Waals surface area contributed by atoms with Gasteiger partial charge in [-0.2, -0.15) is 0 Å². The van der Waals surface area contributed by atoms with E-state index >= 15 is 0 Å². The number of benzene rings is 1. The number of nitrogens with one attached hydrogen (secondary N) is 1. The Morgan fingerprint density at radius 2 is 2.29 bits per heavy atom. The Labute approximate surface area is 121 Å². The first kappa shape index (κ1) is 14.7.